The van der Waals surface area contributed by atoms with Crippen LogP contribution in [0.5, 0.6) is 0 Å². The van der Waals surface area contributed by atoms with Crippen LogP contribution in [0.15, 0.2) is 48.5 Å². The van der Waals surface area contributed by atoms with E-state index in [1.807, 2.05) is 19.1 Å². The third-order valence-electron chi connectivity index (χ3n) is 6.09. The average Bonchev–Trinajstić information content (AvgIpc) is 2.79. The number of carbonyl (C=O) groups excluding carboxylic acids is 1. The highest BCUT2D eigenvalue weighted by atomic mass is 35.5. The predicted octanol–water partition coefficient (Wildman–Crippen LogP) is 6.84. The van der Waals surface area contributed by atoms with Gasteiger partial charge in [0.1, 0.15) is 11.9 Å². The Kier molecular flexibility index (Phi) is 8.18. The molecule has 35 heavy (non-hydrogen) atoms. The third-order valence-corrected chi connectivity index (χ3v) is 6.51. The number of carboxylic acids is 1. The van der Waals surface area contributed by atoms with Crippen LogP contribution in [0.25, 0.3) is 11.1 Å². The number of anilines is 1. The van der Waals surface area contributed by atoms with E-state index < -0.39 is 17.9 Å². The molecule has 0 aromatic heterocycles. The Morgan fingerprint density at radius 1 is 1.00 bits per heavy atom. The van der Waals surface area contributed by atoms with E-state index in [9.17, 15) is 14.0 Å². The minimum Gasteiger partial charge on any atom is -0.480 e. The Bertz CT molecular complexity index is 1250. The summed E-state index contributed by atoms with van der Waals surface area (Å²) in [6, 6.07) is 13.3. The molecule has 0 fully saturated rings. The summed E-state index contributed by atoms with van der Waals surface area (Å²) in [7, 11) is 0. The highest BCUT2D eigenvalue weighted by molar-refractivity contribution is 6.31. The molecule has 3 N–H and O–H groups in total. The van der Waals surface area contributed by atoms with Crippen LogP contribution in [-0.4, -0.2) is 23.0 Å². The van der Waals surface area contributed by atoms with Gasteiger partial charge in [-0.1, -0.05) is 42.8 Å². The molecule has 3 rings (SSSR count). The third kappa shape index (κ3) is 6.01. The maximum atomic E-state index is 14.9. The number of benzene rings is 3. The molecule has 0 spiro atoms. The van der Waals surface area contributed by atoms with Gasteiger partial charge in [0.05, 0.1) is 6.04 Å². The van der Waals surface area contributed by atoms with Crippen LogP contribution < -0.4 is 10.6 Å². The number of nitrogens with one attached hydrogen (secondary N) is 2. The number of hydrogen-bond donors (Lipinski definition) is 3. The number of carboxylic acid groups (broad SMARTS) is 1. The van der Waals surface area contributed by atoms with Crippen molar-refractivity contribution in [2.24, 2.45) is 0 Å². The standard InChI is InChI=1S/C28H30ClFN2O3/c1-6-25(19-7-9-23(29)15(2)11-19)32-21-8-10-24(30)22(14-21)20-12-16(3)26(17(4)13-20)27(33)31-18(5)28(34)35/h7-14,18,25,32H,6H2,1-5H3,(H,31,33)(H,34,35). The maximum Gasteiger partial charge on any atom is 0.325 e. The SMILES string of the molecule is CCC(Nc1ccc(F)c(-c2cc(C)c(C(=O)NC(C)C(=O)O)c(C)c2)c1)c1ccc(Cl)c(C)c1. The second-order valence-corrected chi connectivity index (χ2v) is 9.23. The molecule has 184 valence electrons. The monoisotopic (exact) mass is 496 g/mol. The zero-order chi connectivity index (χ0) is 25.9. The first-order valence-electron chi connectivity index (χ1n) is 11.5. The molecule has 0 saturated carbocycles. The van der Waals surface area contributed by atoms with Gasteiger partial charge in [0.15, 0.2) is 0 Å². The molecule has 3 aromatic carbocycles. The van der Waals surface area contributed by atoms with Crippen LogP contribution in [0.1, 0.15) is 58.9 Å². The van der Waals surface area contributed by atoms with Gasteiger partial charge < -0.3 is 15.7 Å². The summed E-state index contributed by atoms with van der Waals surface area (Å²) in [6.45, 7) is 8.96. The topological polar surface area (TPSA) is 78.4 Å². The summed E-state index contributed by atoms with van der Waals surface area (Å²) in [4.78, 5) is 23.7. The number of aryl methyl sites for hydroxylation is 3. The van der Waals surface area contributed by atoms with Gasteiger partial charge in [-0.05, 0) is 86.2 Å². The van der Waals surface area contributed by atoms with Gasteiger partial charge in [-0.3, -0.25) is 9.59 Å². The van der Waals surface area contributed by atoms with E-state index >= 15 is 0 Å². The Hall–Kier alpha value is -3.38. The van der Waals surface area contributed by atoms with E-state index in [0.29, 0.717) is 32.8 Å². The molecule has 0 aliphatic carbocycles. The normalized spacial score (nSPS) is 12.7. The van der Waals surface area contributed by atoms with Crippen LogP contribution >= 0.6 is 11.6 Å². The lowest BCUT2D eigenvalue weighted by atomic mass is 9.94. The van der Waals surface area contributed by atoms with Gasteiger partial charge in [0.2, 0.25) is 0 Å². The summed E-state index contributed by atoms with van der Waals surface area (Å²) >= 11 is 6.18. The van der Waals surface area contributed by atoms with E-state index in [1.165, 1.54) is 13.0 Å². The number of rotatable bonds is 8. The number of amides is 1. The molecule has 0 aliphatic heterocycles. The smallest absolute Gasteiger partial charge is 0.325 e. The van der Waals surface area contributed by atoms with Gasteiger partial charge in [-0.25, -0.2) is 4.39 Å². The number of halogens is 2. The van der Waals surface area contributed by atoms with Gasteiger partial charge in [-0.15, -0.1) is 0 Å². The first-order chi connectivity index (χ1) is 16.5. The van der Waals surface area contributed by atoms with Crippen molar-refractivity contribution in [1.82, 2.24) is 5.32 Å². The van der Waals surface area contributed by atoms with Crippen LogP contribution in [-0.2, 0) is 4.79 Å². The van der Waals surface area contributed by atoms with Crippen molar-refractivity contribution >= 4 is 29.2 Å². The van der Waals surface area contributed by atoms with Gasteiger partial charge in [0.25, 0.3) is 5.91 Å². The second kappa shape index (κ2) is 10.9. The first kappa shape index (κ1) is 26.2. The minimum atomic E-state index is -1.11. The Balaban J connectivity index is 1.92. The van der Waals surface area contributed by atoms with E-state index in [4.69, 9.17) is 16.7 Å². The fourth-order valence-corrected chi connectivity index (χ4v) is 4.27. The van der Waals surface area contributed by atoms with E-state index in [1.54, 1.807) is 38.1 Å². The fraction of sp³-hybridized carbons (Fsp3) is 0.286. The Labute approximate surface area is 210 Å². The maximum absolute atomic E-state index is 14.9. The second-order valence-electron chi connectivity index (χ2n) is 8.83. The summed E-state index contributed by atoms with van der Waals surface area (Å²) in [5, 5.41) is 15.8. The van der Waals surface area contributed by atoms with E-state index in [2.05, 4.69) is 23.6 Å². The van der Waals surface area contributed by atoms with Crippen LogP contribution in [0.4, 0.5) is 10.1 Å². The Morgan fingerprint density at radius 2 is 1.66 bits per heavy atom. The van der Waals surface area contributed by atoms with E-state index in [0.717, 1.165) is 23.2 Å². The highest BCUT2D eigenvalue weighted by Gasteiger charge is 2.20. The lowest BCUT2D eigenvalue weighted by Gasteiger charge is -2.21. The average molecular weight is 497 g/mol. The molecular formula is C28H30ClFN2O3. The van der Waals surface area contributed by atoms with Crippen molar-refractivity contribution < 1.29 is 19.1 Å². The summed E-state index contributed by atoms with van der Waals surface area (Å²) in [6.07, 6.45) is 0.824. The van der Waals surface area contributed by atoms with Crippen LogP contribution in [0, 0.1) is 26.6 Å². The zero-order valence-electron chi connectivity index (χ0n) is 20.5. The van der Waals surface area contributed by atoms with Gasteiger partial charge in [0, 0.05) is 21.8 Å². The zero-order valence-corrected chi connectivity index (χ0v) is 21.3. The van der Waals surface area contributed by atoms with Crippen LogP contribution in [0.3, 0.4) is 0 Å². The van der Waals surface area contributed by atoms with Crippen molar-refractivity contribution in [3.05, 3.63) is 87.2 Å². The van der Waals surface area contributed by atoms with Crippen molar-refractivity contribution in [2.45, 2.75) is 53.1 Å². The molecule has 0 radical (unpaired) electrons. The molecular weight excluding hydrogens is 467 g/mol. The van der Waals surface area contributed by atoms with Gasteiger partial charge in [-0.2, -0.15) is 0 Å². The summed E-state index contributed by atoms with van der Waals surface area (Å²) < 4.78 is 14.9. The lowest BCUT2D eigenvalue weighted by Crippen LogP contribution is -2.38. The molecule has 5 nitrogen and oxygen atoms in total. The van der Waals surface area contributed by atoms with Crippen molar-refractivity contribution in [3.63, 3.8) is 0 Å². The summed E-state index contributed by atoms with van der Waals surface area (Å²) in [5.74, 6) is -1.96. The Morgan fingerprint density at radius 3 is 2.23 bits per heavy atom. The highest BCUT2D eigenvalue weighted by Crippen LogP contribution is 2.32. The minimum absolute atomic E-state index is 0.0232. The molecule has 2 unspecified atom stereocenters. The molecule has 0 aliphatic rings. The lowest BCUT2D eigenvalue weighted by molar-refractivity contribution is -0.138. The fourth-order valence-electron chi connectivity index (χ4n) is 4.15. The summed E-state index contributed by atoms with van der Waals surface area (Å²) in [5.41, 5.74) is 5.57. The largest absolute Gasteiger partial charge is 0.480 e. The molecule has 1 amide bonds. The molecule has 0 bridgehead atoms. The predicted molar refractivity (Wildman–Crippen MR) is 139 cm³/mol. The molecule has 0 heterocycles. The number of aliphatic carboxylic acids is 1. The molecule has 0 saturated heterocycles. The first-order valence-corrected chi connectivity index (χ1v) is 11.9. The van der Waals surface area contributed by atoms with Crippen LogP contribution in [0.2, 0.25) is 5.02 Å². The molecule has 2 atom stereocenters. The number of carbonyl (C=O) groups is 2. The van der Waals surface area contributed by atoms with Crippen molar-refractivity contribution in [1.29, 1.82) is 0 Å². The molecule has 7 heteroatoms. The van der Waals surface area contributed by atoms with Crippen molar-refractivity contribution in [2.75, 3.05) is 5.32 Å². The molecule has 3 aromatic rings. The number of hydrogen-bond acceptors (Lipinski definition) is 3. The van der Waals surface area contributed by atoms with Gasteiger partial charge >= 0.3 is 5.97 Å². The van der Waals surface area contributed by atoms with Crippen molar-refractivity contribution in [3.8, 4) is 11.1 Å². The quantitative estimate of drug-likeness (QED) is 0.319. The van der Waals surface area contributed by atoms with E-state index in [-0.39, 0.29) is 11.9 Å².